The van der Waals surface area contributed by atoms with Crippen LogP contribution in [0.3, 0.4) is 0 Å². The molecule has 0 heteroatoms. The number of hydrogen-bond donors (Lipinski definition) is 0. The summed E-state index contributed by atoms with van der Waals surface area (Å²) >= 11 is 0. The van der Waals surface area contributed by atoms with Crippen LogP contribution in [0.15, 0.2) is 0 Å². The summed E-state index contributed by atoms with van der Waals surface area (Å²) in [5, 5.41) is 0. The third kappa shape index (κ3) is 4.50. The Morgan fingerprint density at radius 2 is 1.89 bits per heavy atom. The largest absolute Gasteiger partial charge is 0.0651 e. The van der Waals surface area contributed by atoms with Gasteiger partial charge in [-0.25, -0.2) is 0 Å². The molecule has 0 N–H and O–H groups in total. The van der Waals surface area contributed by atoms with Crippen molar-refractivity contribution in [2.75, 3.05) is 0 Å². The Balaban J connectivity index is 3.22. The van der Waals surface area contributed by atoms with E-state index in [1.165, 1.54) is 12.8 Å². The molecule has 0 aliphatic rings. The van der Waals surface area contributed by atoms with E-state index in [1.54, 1.807) is 0 Å². The van der Waals surface area contributed by atoms with Crippen LogP contribution in [0.4, 0.5) is 0 Å². The van der Waals surface area contributed by atoms with Crippen LogP contribution in [-0.4, -0.2) is 0 Å². The summed E-state index contributed by atoms with van der Waals surface area (Å²) in [6, 6.07) is 0. The maximum atomic E-state index is 2.32. The van der Waals surface area contributed by atoms with Gasteiger partial charge in [0.1, 0.15) is 0 Å². The predicted molar refractivity (Wildman–Crippen MR) is 43.2 cm³/mol. The van der Waals surface area contributed by atoms with Crippen molar-refractivity contribution >= 4 is 0 Å². The van der Waals surface area contributed by atoms with Crippen molar-refractivity contribution in [2.24, 2.45) is 11.8 Å². The minimum atomic E-state index is 0.806. The van der Waals surface area contributed by atoms with Gasteiger partial charge in [-0.2, -0.15) is 0 Å². The van der Waals surface area contributed by atoms with Gasteiger partial charge >= 0.3 is 0 Å². The average Bonchev–Trinajstić information content (AvgIpc) is 1.87. The van der Waals surface area contributed by atoms with E-state index in [4.69, 9.17) is 0 Å². The van der Waals surface area contributed by atoms with Crippen molar-refractivity contribution in [3.8, 4) is 0 Å². The summed E-state index contributed by atoms with van der Waals surface area (Å²) in [6.45, 7) is 9.01. The normalized spacial score (nSPS) is 17.3. The average molecular weight is 127 g/mol. The second-order valence-corrected chi connectivity index (χ2v) is 3.06. The van der Waals surface area contributed by atoms with Crippen LogP contribution in [0.5, 0.6) is 0 Å². The molecule has 0 amide bonds. The Morgan fingerprint density at radius 3 is 2.22 bits per heavy atom. The summed E-state index contributed by atoms with van der Waals surface area (Å²) in [7, 11) is 0. The summed E-state index contributed by atoms with van der Waals surface area (Å²) in [6.07, 6.45) is 4.96. The monoisotopic (exact) mass is 127 g/mol. The minimum Gasteiger partial charge on any atom is -0.0651 e. The van der Waals surface area contributed by atoms with Gasteiger partial charge in [0.15, 0.2) is 0 Å². The van der Waals surface area contributed by atoms with Gasteiger partial charge in [0.05, 0.1) is 0 Å². The fraction of sp³-hybridized carbons (Fsp3) is 0.889. The van der Waals surface area contributed by atoms with Gasteiger partial charge in [-0.3, -0.25) is 0 Å². The van der Waals surface area contributed by atoms with Crippen molar-refractivity contribution in [1.82, 2.24) is 0 Å². The van der Waals surface area contributed by atoms with E-state index in [0.29, 0.717) is 0 Å². The molecule has 2 atom stereocenters. The summed E-state index contributed by atoms with van der Waals surface area (Å²) in [5.41, 5.74) is 0. The van der Waals surface area contributed by atoms with Gasteiger partial charge in [-0.15, -0.1) is 0 Å². The Morgan fingerprint density at radius 1 is 1.33 bits per heavy atom. The van der Waals surface area contributed by atoms with E-state index < -0.39 is 0 Å². The van der Waals surface area contributed by atoms with Gasteiger partial charge in [-0.1, -0.05) is 34.1 Å². The van der Waals surface area contributed by atoms with E-state index in [9.17, 15) is 0 Å². The highest BCUT2D eigenvalue weighted by Crippen LogP contribution is 2.15. The van der Waals surface area contributed by atoms with E-state index in [1.807, 2.05) is 0 Å². The highest BCUT2D eigenvalue weighted by molar-refractivity contribution is 4.68. The lowest BCUT2D eigenvalue weighted by atomic mass is 9.94. The molecule has 0 aromatic rings. The molecule has 0 nitrogen and oxygen atoms in total. The molecular formula is C9H19. The maximum Gasteiger partial charge on any atom is -0.0389 e. The van der Waals surface area contributed by atoms with Crippen LogP contribution in [0, 0.1) is 18.3 Å². The van der Waals surface area contributed by atoms with Crippen molar-refractivity contribution in [1.29, 1.82) is 0 Å². The van der Waals surface area contributed by atoms with Gasteiger partial charge in [-0.05, 0) is 24.7 Å². The van der Waals surface area contributed by atoms with E-state index in [2.05, 4.69) is 34.1 Å². The van der Waals surface area contributed by atoms with Crippen molar-refractivity contribution in [3.05, 3.63) is 6.42 Å². The first-order valence-electron chi connectivity index (χ1n) is 4.00. The van der Waals surface area contributed by atoms with Crippen LogP contribution in [0.25, 0.3) is 0 Å². The molecule has 2 unspecified atom stereocenters. The van der Waals surface area contributed by atoms with E-state index in [-0.39, 0.29) is 0 Å². The zero-order chi connectivity index (χ0) is 7.28. The van der Waals surface area contributed by atoms with Gasteiger partial charge in [0.25, 0.3) is 0 Å². The molecule has 0 fully saturated rings. The SMILES string of the molecule is C[CH]C(C)CC(C)CC. The Bertz CT molecular complexity index is 49.1. The first-order chi connectivity index (χ1) is 4.20. The zero-order valence-corrected chi connectivity index (χ0v) is 7.15. The van der Waals surface area contributed by atoms with E-state index >= 15 is 0 Å². The second-order valence-electron chi connectivity index (χ2n) is 3.06. The highest BCUT2D eigenvalue weighted by atomic mass is 14.1. The second kappa shape index (κ2) is 4.84. The van der Waals surface area contributed by atoms with Crippen molar-refractivity contribution in [2.45, 2.75) is 40.5 Å². The fourth-order valence-corrected chi connectivity index (χ4v) is 0.937. The molecule has 0 aliphatic heterocycles. The predicted octanol–water partition coefficient (Wildman–Crippen LogP) is 3.28. The maximum absolute atomic E-state index is 2.32. The quantitative estimate of drug-likeness (QED) is 0.543. The summed E-state index contributed by atoms with van der Waals surface area (Å²) in [4.78, 5) is 0. The van der Waals surface area contributed by atoms with Gasteiger partial charge < -0.3 is 0 Å². The molecule has 0 spiro atoms. The Labute approximate surface area is 59.7 Å². The lowest BCUT2D eigenvalue weighted by Gasteiger charge is -2.12. The molecule has 0 aromatic carbocycles. The smallest absolute Gasteiger partial charge is 0.0389 e. The molecule has 55 valence electrons. The molecule has 0 heterocycles. The number of hydrogen-bond acceptors (Lipinski definition) is 0. The first kappa shape index (κ1) is 9.00. The summed E-state index contributed by atoms with van der Waals surface area (Å²) in [5.74, 6) is 1.70. The molecule has 0 bridgehead atoms. The zero-order valence-electron chi connectivity index (χ0n) is 7.15. The van der Waals surface area contributed by atoms with Crippen LogP contribution < -0.4 is 0 Å². The molecule has 0 saturated carbocycles. The van der Waals surface area contributed by atoms with Crippen LogP contribution in [0.1, 0.15) is 40.5 Å². The number of rotatable bonds is 4. The molecule has 0 aromatic heterocycles. The lowest BCUT2D eigenvalue weighted by molar-refractivity contribution is 0.439. The molecule has 1 radical (unpaired) electrons. The Hall–Kier alpha value is 0. The topological polar surface area (TPSA) is 0 Å². The van der Waals surface area contributed by atoms with Gasteiger partial charge in [0, 0.05) is 0 Å². The molecule has 0 saturated heterocycles. The molecule has 9 heavy (non-hydrogen) atoms. The molecule has 0 aliphatic carbocycles. The first-order valence-corrected chi connectivity index (χ1v) is 4.00. The third-order valence-electron chi connectivity index (χ3n) is 2.04. The summed E-state index contributed by atoms with van der Waals surface area (Å²) < 4.78 is 0. The fourth-order valence-electron chi connectivity index (χ4n) is 0.937. The highest BCUT2D eigenvalue weighted by Gasteiger charge is 2.03. The molecule has 0 rings (SSSR count). The molecular weight excluding hydrogens is 108 g/mol. The van der Waals surface area contributed by atoms with Crippen LogP contribution in [0.2, 0.25) is 0 Å². The lowest BCUT2D eigenvalue weighted by Crippen LogP contribution is -2.00. The van der Waals surface area contributed by atoms with Gasteiger partial charge in [0.2, 0.25) is 0 Å². The van der Waals surface area contributed by atoms with Crippen molar-refractivity contribution in [3.63, 3.8) is 0 Å². The third-order valence-corrected chi connectivity index (χ3v) is 2.04. The van der Waals surface area contributed by atoms with E-state index in [0.717, 1.165) is 11.8 Å². The van der Waals surface area contributed by atoms with Crippen LogP contribution >= 0.6 is 0 Å². The van der Waals surface area contributed by atoms with Crippen LogP contribution in [-0.2, 0) is 0 Å². The minimum absolute atomic E-state index is 0.806. The standard InChI is InChI=1S/C9H19/c1-5-8(3)7-9(4)6-2/h5,8-9H,6-7H2,1-4H3. The van der Waals surface area contributed by atoms with Crippen molar-refractivity contribution < 1.29 is 0 Å². The Kier molecular flexibility index (Phi) is 4.84.